The van der Waals surface area contributed by atoms with Crippen molar-refractivity contribution < 1.29 is 4.74 Å². The topological polar surface area (TPSA) is 52.1 Å². The molecule has 1 fully saturated rings. The predicted octanol–water partition coefficient (Wildman–Crippen LogP) is 2.44. The molecule has 0 aromatic heterocycles. The minimum absolute atomic E-state index is 0. The van der Waals surface area contributed by atoms with E-state index in [1.54, 1.807) is 0 Å². The Balaban J connectivity index is 0.00000300. The van der Waals surface area contributed by atoms with Crippen molar-refractivity contribution in [1.29, 1.82) is 0 Å². The lowest BCUT2D eigenvalue weighted by atomic mass is 10.1. The van der Waals surface area contributed by atoms with Crippen LogP contribution in [0.1, 0.15) is 26.3 Å². The van der Waals surface area contributed by atoms with Crippen LogP contribution in [-0.4, -0.2) is 80.8 Å². The lowest BCUT2D eigenvalue weighted by Crippen LogP contribution is -2.47. The van der Waals surface area contributed by atoms with E-state index in [4.69, 9.17) is 9.73 Å². The van der Waals surface area contributed by atoms with Gasteiger partial charge in [-0.3, -0.25) is 4.99 Å². The number of aliphatic imine (C=N–C) groups is 1. The van der Waals surface area contributed by atoms with E-state index in [0.717, 1.165) is 44.3 Å². The minimum Gasteiger partial charge on any atom is -0.488 e. The number of nitrogens with one attached hydrogen (secondary N) is 2. The SMILES string of the molecule is CCNC(=NCC(C)CN1CCN(CC)CC1)NCC1Cc2ccccc2O1.I. The second-order valence-electron chi connectivity index (χ2n) is 7.99. The first kappa shape index (κ1) is 24.2. The van der Waals surface area contributed by atoms with Gasteiger partial charge in [0.25, 0.3) is 0 Å². The van der Waals surface area contributed by atoms with Gasteiger partial charge >= 0.3 is 0 Å². The predicted molar refractivity (Wildman–Crippen MR) is 132 cm³/mol. The molecule has 0 aliphatic carbocycles. The summed E-state index contributed by atoms with van der Waals surface area (Å²) in [6, 6.07) is 8.31. The molecule has 2 heterocycles. The number of nitrogens with zero attached hydrogens (tertiary/aromatic N) is 3. The van der Waals surface area contributed by atoms with Crippen LogP contribution >= 0.6 is 24.0 Å². The highest BCUT2D eigenvalue weighted by Gasteiger charge is 2.22. The third-order valence-electron chi connectivity index (χ3n) is 5.60. The van der Waals surface area contributed by atoms with Crippen LogP contribution in [0.4, 0.5) is 0 Å². The summed E-state index contributed by atoms with van der Waals surface area (Å²) in [5.41, 5.74) is 1.30. The molecule has 0 spiro atoms. The van der Waals surface area contributed by atoms with Crippen LogP contribution in [0.25, 0.3) is 0 Å². The van der Waals surface area contributed by atoms with Gasteiger partial charge in [-0.25, -0.2) is 0 Å². The number of fused-ring (bicyclic) bond motifs is 1. The van der Waals surface area contributed by atoms with Gasteiger partial charge in [-0.15, -0.1) is 24.0 Å². The Morgan fingerprint density at radius 2 is 1.86 bits per heavy atom. The van der Waals surface area contributed by atoms with Crippen molar-refractivity contribution >= 4 is 29.9 Å². The molecule has 2 atom stereocenters. The van der Waals surface area contributed by atoms with Gasteiger partial charge in [0.15, 0.2) is 5.96 Å². The monoisotopic (exact) mass is 515 g/mol. The standard InChI is InChI=1S/C22H37N5O.HI/c1-4-23-22(25-16-20-14-19-8-6-7-9-21(19)28-20)24-15-18(3)17-27-12-10-26(5-2)11-13-27;/h6-9,18,20H,4-5,10-17H2,1-3H3,(H2,23,24,25);1H. The molecule has 2 unspecified atom stereocenters. The molecule has 0 bridgehead atoms. The summed E-state index contributed by atoms with van der Waals surface area (Å²) < 4.78 is 6.02. The van der Waals surface area contributed by atoms with Crippen LogP contribution in [0.5, 0.6) is 5.75 Å². The van der Waals surface area contributed by atoms with Crippen molar-refractivity contribution in [1.82, 2.24) is 20.4 Å². The van der Waals surface area contributed by atoms with Gasteiger partial charge in [-0.05, 0) is 31.0 Å². The number of para-hydroxylation sites is 1. The fraction of sp³-hybridized carbons (Fsp3) is 0.682. The molecule has 0 saturated carbocycles. The molecule has 2 N–H and O–H groups in total. The number of likely N-dealkylation sites (N-methyl/N-ethyl adjacent to an activating group) is 1. The zero-order chi connectivity index (χ0) is 19.8. The first-order valence-corrected chi connectivity index (χ1v) is 10.9. The highest BCUT2D eigenvalue weighted by atomic mass is 127. The largest absolute Gasteiger partial charge is 0.488 e. The van der Waals surface area contributed by atoms with Gasteiger partial charge in [-0.1, -0.05) is 32.0 Å². The maximum Gasteiger partial charge on any atom is 0.191 e. The molecule has 2 aliphatic rings. The highest BCUT2D eigenvalue weighted by molar-refractivity contribution is 14.0. The molecule has 7 heteroatoms. The maximum absolute atomic E-state index is 6.02. The Morgan fingerprint density at radius 3 is 2.55 bits per heavy atom. The summed E-state index contributed by atoms with van der Waals surface area (Å²) in [5.74, 6) is 2.47. The van der Waals surface area contributed by atoms with Crippen molar-refractivity contribution in [3.63, 3.8) is 0 Å². The van der Waals surface area contributed by atoms with Gasteiger partial charge in [0.2, 0.25) is 0 Å². The Labute approximate surface area is 193 Å². The molecule has 0 amide bonds. The average Bonchev–Trinajstić information content (AvgIpc) is 3.13. The lowest BCUT2D eigenvalue weighted by Gasteiger charge is -2.35. The zero-order valence-electron chi connectivity index (χ0n) is 18.2. The molecule has 3 rings (SSSR count). The summed E-state index contributed by atoms with van der Waals surface area (Å²) in [7, 11) is 0. The molecular formula is C22H38IN5O. The number of rotatable bonds is 8. The number of ether oxygens (including phenoxy) is 1. The normalized spacial score (nSPS) is 21.1. The van der Waals surface area contributed by atoms with Crippen molar-refractivity contribution in [2.75, 3.05) is 58.9 Å². The lowest BCUT2D eigenvalue weighted by molar-refractivity contribution is 0.125. The van der Waals surface area contributed by atoms with Crippen LogP contribution in [0.2, 0.25) is 0 Å². The van der Waals surface area contributed by atoms with Crippen LogP contribution in [0, 0.1) is 5.92 Å². The van der Waals surface area contributed by atoms with Crippen LogP contribution in [0.3, 0.4) is 0 Å². The number of hydrogen-bond donors (Lipinski definition) is 2. The number of benzene rings is 1. The molecule has 1 saturated heterocycles. The van der Waals surface area contributed by atoms with Crippen molar-refractivity contribution in [3.8, 4) is 5.75 Å². The first-order valence-electron chi connectivity index (χ1n) is 10.9. The highest BCUT2D eigenvalue weighted by Crippen LogP contribution is 2.27. The molecular weight excluding hydrogens is 477 g/mol. The Bertz CT molecular complexity index is 608. The molecule has 1 aromatic rings. The van der Waals surface area contributed by atoms with E-state index in [1.807, 2.05) is 6.07 Å². The Morgan fingerprint density at radius 1 is 1.14 bits per heavy atom. The first-order chi connectivity index (χ1) is 13.7. The Hall–Kier alpha value is -1.06. The molecule has 0 radical (unpaired) electrons. The van der Waals surface area contributed by atoms with E-state index < -0.39 is 0 Å². The number of halogens is 1. The molecule has 29 heavy (non-hydrogen) atoms. The summed E-state index contributed by atoms with van der Waals surface area (Å²) in [6.07, 6.45) is 1.14. The molecule has 6 nitrogen and oxygen atoms in total. The van der Waals surface area contributed by atoms with Gasteiger partial charge < -0.3 is 25.2 Å². The van der Waals surface area contributed by atoms with Gasteiger partial charge in [0.05, 0.1) is 6.54 Å². The summed E-state index contributed by atoms with van der Waals surface area (Å²) in [6.45, 7) is 16.2. The summed E-state index contributed by atoms with van der Waals surface area (Å²) >= 11 is 0. The minimum atomic E-state index is 0. The molecule has 1 aromatic carbocycles. The van der Waals surface area contributed by atoms with Crippen molar-refractivity contribution in [2.24, 2.45) is 10.9 Å². The molecule has 2 aliphatic heterocycles. The Kier molecular flexibility index (Phi) is 10.5. The van der Waals surface area contributed by atoms with E-state index in [2.05, 4.69) is 59.4 Å². The summed E-state index contributed by atoms with van der Waals surface area (Å²) in [5, 5.41) is 6.83. The van der Waals surface area contributed by atoms with E-state index in [-0.39, 0.29) is 30.1 Å². The third kappa shape index (κ3) is 7.61. The average molecular weight is 515 g/mol. The second-order valence-corrected chi connectivity index (χ2v) is 7.99. The molecule has 164 valence electrons. The van der Waals surface area contributed by atoms with E-state index in [0.29, 0.717) is 5.92 Å². The van der Waals surface area contributed by atoms with Crippen molar-refractivity contribution in [2.45, 2.75) is 33.3 Å². The van der Waals surface area contributed by atoms with Crippen molar-refractivity contribution in [3.05, 3.63) is 29.8 Å². The number of hydrogen-bond acceptors (Lipinski definition) is 4. The quantitative estimate of drug-likeness (QED) is 0.317. The van der Waals surface area contributed by atoms with Gasteiger partial charge in [0, 0.05) is 52.2 Å². The van der Waals surface area contributed by atoms with Crippen LogP contribution in [-0.2, 0) is 6.42 Å². The van der Waals surface area contributed by atoms with Crippen LogP contribution in [0.15, 0.2) is 29.3 Å². The van der Waals surface area contributed by atoms with E-state index in [1.165, 1.54) is 38.3 Å². The summed E-state index contributed by atoms with van der Waals surface area (Å²) in [4.78, 5) is 9.93. The fourth-order valence-electron chi connectivity index (χ4n) is 3.95. The smallest absolute Gasteiger partial charge is 0.191 e. The third-order valence-corrected chi connectivity index (χ3v) is 5.60. The van der Waals surface area contributed by atoms with Crippen LogP contribution < -0.4 is 15.4 Å². The van der Waals surface area contributed by atoms with Gasteiger partial charge in [-0.2, -0.15) is 0 Å². The van der Waals surface area contributed by atoms with Gasteiger partial charge in [0.1, 0.15) is 11.9 Å². The van der Waals surface area contributed by atoms with E-state index >= 15 is 0 Å². The zero-order valence-corrected chi connectivity index (χ0v) is 20.5. The number of guanidine groups is 1. The van der Waals surface area contributed by atoms with E-state index in [9.17, 15) is 0 Å². The number of piperazine rings is 1. The maximum atomic E-state index is 6.02. The second kappa shape index (κ2) is 12.6. The fourth-order valence-corrected chi connectivity index (χ4v) is 3.95.